The fourth-order valence-corrected chi connectivity index (χ4v) is 2.70. The molecule has 1 atom stereocenters. The number of nitrogens with one attached hydrogen (secondary N) is 1. The Morgan fingerprint density at radius 2 is 2.37 bits per heavy atom. The van der Waals surface area contributed by atoms with Crippen LogP contribution in [0.1, 0.15) is 25.5 Å². The number of likely N-dealkylation sites (N-methyl/N-ethyl adjacent to an activating group) is 1. The average molecular weight is 267 g/mol. The number of anilines is 1. The number of hydrogen-bond donors (Lipinski definition) is 1. The minimum Gasteiger partial charge on any atom is -0.353 e. The number of nitrogens with zero attached hydrogens (tertiary/aromatic N) is 4. The molecule has 1 N–H and O–H groups in total. The zero-order valence-corrected chi connectivity index (χ0v) is 11.7. The summed E-state index contributed by atoms with van der Waals surface area (Å²) in [5.41, 5.74) is 0.607. The van der Waals surface area contributed by atoms with Gasteiger partial charge in [0.05, 0.1) is 4.92 Å². The Morgan fingerprint density at radius 1 is 1.63 bits per heavy atom. The van der Waals surface area contributed by atoms with Gasteiger partial charge in [-0.3, -0.25) is 10.1 Å². The Morgan fingerprint density at radius 3 is 2.89 bits per heavy atom. The molecule has 106 valence electrons. The maximum atomic E-state index is 11.2. The fourth-order valence-electron chi connectivity index (χ4n) is 2.70. The minimum atomic E-state index is -0.331. The van der Waals surface area contributed by atoms with E-state index in [9.17, 15) is 10.1 Å². The average Bonchev–Trinajstić information content (AvgIpc) is 2.95. The van der Waals surface area contributed by atoms with E-state index < -0.39 is 0 Å². The van der Waals surface area contributed by atoms with Crippen LogP contribution in [0.3, 0.4) is 0 Å². The third kappa shape index (κ3) is 2.70. The van der Waals surface area contributed by atoms with E-state index in [4.69, 9.17) is 0 Å². The Bertz CT molecular complexity index is 465. The first-order chi connectivity index (χ1) is 9.04. The van der Waals surface area contributed by atoms with Crippen molar-refractivity contribution in [3.8, 4) is 0 Å². The number of nitro groups is 1. The SMILES string of the molecule is CCn1nc(C)c([N+](=O)[O-])c1N(C)CC1CCCN1. The summed E-state index contributed by atoms with van der Waals surface area (Å²) in [5, 5.41) is 18.9. The second kappa shape index (κ2) is 5.56. The van der Waals surface area contributed by atoms with Crippen LogP contribution in [0.4, 0.5) is 11.5 Å². The predicted molar refractivity (Wildman–Crippen MR) is 73.6 cm³/mol. The summed E-state index contributed by atoms with van der Waals surface area (Å²) in [4.78, 5) is 12.8. The van der Waals surface area contributed by atoms with E-state index in [1.165, 1.54) is 6.42 Å². The lowest BCUT2D eigenvalue weighted by atomic mass is 10.2. The van der Waals surface area contributed by atoms with Crippen molar-refractivity contribution >= 4 is 11.5 Å². The van der Waals surface area contributed by atoms with Crippen LogP contribution in [0.15, 0.2) is 0 Å². The van der Waals surface area contributed by atoms with Crippen molar-refractivity contribution in [3.05, 3.63) is 15.8 Å². The summed E-state index contributed by atoms with van der Waals surface area (Å²) in [6.07, 6.45) is 2.30. The molecule has 7 nitrogen and oxygen atoms in total. The third-order valence-electron chi connectivity index (χ3n) is 3.57. The van der Waals surface area contributed by atoms with E-state index in [-0.39, 0.29) is 10.6 Å². The van der Waals surface area contributed by atoms with Crippen molar-refractivity contribution in [1.82, 2.24) is 15.1 Å². The van der Waals surface area contributed by atoms with Gasteiger partial charge < -0.3 is 10.2 Å². The molecule has 0 aromatic carbocycles. The molecule has 1 aliphatic heterocycles. The van der Waals surface area contributed by atoms with Gasteiger partial charge in [-0.25, -0.2) is 4.68 Å². The lowest BCUT2D eigenvalue weighted by molar-refractivity contribution is -0.384. The first-order valence-electron chi connectivity index (χ1n) is 6.71. The molecule has 7 heteroatoms. The molecule has 1 aromatic rings. The quantitative estimate of drug-likeness (QED) is 0.643. The van der Waals surface area contributed by atoms with Crippen LogP contribution in [-0.4, -0.2) is 40.9 Å². The number of aromatic nitrogens is 2. The molecular formula is C12H21N5O2. The summed E-state index contributed by atoms with van der Waals surface area (Å²) in [6, 6.07) is 0.408. The molecule has 19 heavy (non-hydrogen) atoms. The highest BCUT2D eigenvalue weighted by Gasteiger charge is 2.29. The number of aryl methyl sites for hydroxylation is 2. The lowest BCUT2D eigenvalue weighted by Gasteiger charge is -2.22. The van der Waals surface area contributed by atoms with E-state index in [1.807, 2.05) is 18.9 Å². The van der Waals surface area contributed by atoms with E-state index >= 15 is 0 Å². The van der Waals surface area contributed by atoms with Gasteiger partial charge in [-0.2, -0.15) is 5.10 Å². The molecule has 1 saturated heterocycles. The highest BCUT2D eigenvalue weighted by Crippen LogP contribution is 2.31. The molecule has 0 aliphatic carbocycles. The smallest absolute Gasteiger partial charge is 0.333 e. The second-order valence-electron chi connectivity index (χ2n) is 5.00. The normalized spacial score (nSPS) is 18.8. The molecule has 1 aromatic heterocycles. The molecule has 0 amide bonds. The van der Waals surface area contributed by atoms with Crippen LogP contribution in [0.2, 0.25) is 0 Å². The molecule has 0 radical (unpaired) electrons. The fraction of sp³-hybridized carbons (Fsp3) is 0.750. The van der Waals surface area contributed by atoms with E-state index in [0.29, 0.717) is 24.1 Å². The van der Waals surface area contributed by atoms with E-state index in [2.05, 4.69) is 10.4 Å². The maximum Gasteiger partial charge on any atom is 0.333 e. The Labute approximate surface area is 112 Å². The minimum absolute atomic E-state index is 0.127. The summed E-state index contributed by atoms with van der Waals surface area (Å²) < 4.78 is 1.71. The van der Waals surface area contributed by atoms with Crippen LogP contribution in [0.25, 0.3) is 0 Å². The number of hydrogen-bond acceptors (Lipinski definition) is 5. The zero-order valence-electron chi connectivity index (χ0n) is 11.7. The van der Waals surface area contributed by atoms with Gasteiger partial charge in [0.1, 0.15) is 5.69 Å². The van der Waals surface area contributed by atoms with Crippen LogP contribution >= 0.6 is 0 Å². The lowest BCUT2D eigenvalue weighted by Crippen LogP contribution is -2.36. The molecular weight excluding hydrogens is 246 g/mol. The molecule has 0 saturated carbocycles. The standard InChI is InChI=1S/C12H21N5O2/c1-4-16-12(11(17(18)19)9(2)14-16)15(3)8-10-6-5-7-13-10/h10,13H,4-8H2,1-3H3. The highest BCUT2D eigenvalue weighted by atomic mass is 16.6. The summed E-state index contributed by atoms with van der Waals surface area (Å²) in [7, 11) is 1.90. The Balaban J connectivity index is 2.27. The van der Waals surface area contributed by atoms with Crippen molar-refractivity contribution in [3.63, 3.8) is 0 Å². The van der Waals surface area contributed by atoms with Crippen LogP contribution in [0, 0.1) is 17.0 Å². The second-order valence-corrected chi connectivity index (χ2v) is 5.00. The van der Waals surface area contributed by atoms with Crippen molar-refractivity contribution in [2.75, 3.05) is 25.0 Å². The summed E-state index contributed by atoms with van der Waals surface area (Å²) in [6.45, 7) is 6.07. The molecule has 0 bridgehead atoms. The van der Waals surface area contributed by atoms with Crippen molar-refractivity contribution in [2.45, 2.75) is 39.3 Å². The molecule has 1 fully saturated rings. The molecule has 1 unspecified atom stereocenters. The Hall–Kier alpha value is -1.63. The van der Waals surface area contributed by atoms with Crippen LogP contribution < -0.4 is 10.2 Å². The van der Waals surface area contributed by atoms with Gasteiger partial charge in [-0.15, -0.1) is 0 Å². The molecule has 2 rings (SSSR count). The third-order valence-corrected chi connectivity index (χ3v) is 3.57. The monoisotopic (exact) mass is 267 g/mol. The summed E-state index contributed by atoms with van der Waals surface area (Å²) >= 11 is 0. The summed E-state index contributed by atoms with van der Waals surface area (Å²) in [5.74, 6) is 0.610. The van der Waals surface area contributed by atoms with E-state index in [0.717, 1.165) is 19.5 Å². The predicted octanol–water partition coefficient (Wildman–Crippen LogP) is 1.31. The largest absolute Gasteiger partial charge is 0.353 e. The Kier molecular flexibility index (Phi) is 4.04. The highest BCUT2D eigenvalue weighted by molar-refractivity contribution is 5.61. The van der Waals surface area contributed by atoms with Gasteiger partial charge in [0, 0.05) is 26.2 Å². The van der Waals surface area contributed by atoms with Gasteiger partial charge in [-0.1, -0.05) is 0 Å². The van der Waals surface area contributed by atoms with E-state index in [1.54, 1.807) is 11.6 Å². The van der Waals surface area contributed by atoms with Crippen LogP contribution in [0.5, 0.6) is 0 Å². The van der Waals surface area contributed by atoms with Gasteiger partial charge in [0.25, 0.3) is 0 Å². The molecule has 1 aliphatic rings. The van der Waals surface area contributed by atoms with Gasteiger partial charge in [-0.05, 0) is 33.2 Å². The van der Waals surface area contributed by atoms with Gasteiger partial charge >= 0.3 is 5.69 Å². The maximum absolute atomic E-state index is 11.2. The van der Waals surface area contributed by atoms with Crippen LogP contribution in [-0.2, 0) is 6.54 Å². The molecule has 0 spiro atoms. The first-order valence-corrected chi connectivity index (χ1v) is 6.71. The number of rotatable bonds is 5. The van der Waals surface area contributed by atoms with Crippen molar-refractivity contribution in [1.29, 1.82) is 0 Å². The van der Waals surface area contributed by atoms with Crippen molar-refractivity contribution < 1.29 is 4.92 Å². The van der Waals surface area contributed by atoms with Gasteiger partial charge in [0.15, 0.2) is 0 Å². The first kappa shape index (κ1) is 13.8. The van der Waals surface area contributed by atoms with Crippen molar-refractivity contribution in [2.24, 2.45) is 0 Å². The topological polar surface area (TPSA) is 76.2 Å². The zero-order chi connectivity index (χ0) is 14.0. The molecule has 2 heterocycles. The van der Waals surface area contributed by atoms with Gasteiger partial charge in [0.2, 0.25) is 5.82 Å².